The van der Waals surface area contributed by atoms with E-state index in [1.54, 1.807) is 18.2 Å². The Kier molecular flexibility index (Phi) is 10.7. The molecule has 0 bridgehead atoms. The van der Waals surface area contributed by atoms with Gasteiger partial charge in [0.25, 0.3) is 0 Å². The quantitative estimate of drug-likeness (QED) is 0.313. The SMILES string of the molecule is NCCCC(=O)Nc1cc(NC(=O)CCCN)cc(NC(=O)CCCN)c1. The second kappa shape index (κ2) is 12.8. The molecule has 0 aliphatic carbocycles. The van der Waals surface area contributed by atoms with Gasteiger partial charge < -0.3 is 33.2 Å². The van der Waals surface area contributed by atoms with E-state index in [0.717, 1.165) is 0 Å². The Morgan fingerprint density at radius 2 is 0.852 bits per heavy atom. The van der Waals surface area contributed by atoms with Crippen molar-refractivity contribution in [3.63, 3.8) is 0 Å². The fourth-order valence-electron chi connectivity index (χ4n) is 2.30. The zero-order valence-corrected chi connectivity index (χ0v) is 15.6. The van der Waals surface area contributed by atoms with Gasteiger partial charge in [-0.25, -0.2) is 0 Å². The van der Waals surface area contributed by atoms with Crippen LogP contribution < -0.4 is 33.2 Å². The second-order valence-electron chi connectivity index (χ2n) is 6.12. The molecule has 1 rings (SSSR count). The van der Waals surface area contributed by atoms with Gasteiger partial charge in [-0.3, -0.25) is 14.4 Å². The van der Waals surface area contributed by atoms with Crippen molar-refractivity contribution in [3.8, 4) is 0 Å². The normalized spacial score (nSPS) is 10.3. The van der Waals surface area contributed by atoms with Crippen LogP contribution in [0.2, 0.25) is 0 Å². The van der Waals surface area contributed by atoms with E-state index < -0.39 is 0 Å². The summed E-state index contributed by atoms with van der Waals surface area (Å²) in [6, 6.07) is 4.91. The number of benzene rings is 1. The Morgan fingerprint density at radius 1 is 0.593 bits per heavy atom. The fourth-order valence-corrected chi connectivity index (χ4v) is 2.30. The summed E-state index contributed by atoms with van der Waals surface area (Å²) >= 11 is 0. The van der Waals surface area contributed by atoms with Gasteiger partial charge in [0.15, 0.2) is 0 Å². The molecular weight excluding hydrogens is 348 g/mol. The molecule has 0 unspecified atom stereocenters. The first-order valence-electron chi connectivity index (χ1n) is 9.13. The van der Waals surface area contributed by atoms with Crippen molar-refractivity contribution in [3.05, 3.63) is 18.2 Å². The van der Waals surface area contributed by atoms with Gasteiger partial charge in [0.1, 0.15) is 0 Å². The van der Waals surface area contributed by atoms with Gasteiger partial charge in [-0.15, -0.1) is 0 Å². The van der Waals surface area contributed by atoms with Gasteiger partial charge in [-0.05, 0) is 57.1 Å². The maximum Gasteiger partial charge on any atom is 0.224 e. The van der Waals surface area contributed by atoms with E-state index >= 15 is 0 Å². The van der Waals surface area contributed by atoms with Crippen LogP contribution in [0.15, 0.2) is 18.2 Å². The largest absolute Gasteiger partial charge is 0.330 e. The van der Waals surface area contributed by atoms with E-state index in [2.05, 4.69) is 16.0 Å². The minimum atomic E-state index is -0.188. The molecule has 0 aromatic heterocycles. The molecule has 1 aromatic carbocycles. The number of carbonyl (C=O) groups excluding carboxylic acids is 3. The summed E-state index contributed by atoms with van der Waals surface area (Å²) in [6.07, 6.45) is 2.60. The van der Waals surface area contributed by atoms with Crippen molar-refractivity contribution in [2.45, 2.75) is 38.5 Å². The first-order valence-corrected chi connectivity index (χ1v) is 9.13. The molecule has 0 fully saturated rings. The number of carbonyl (C=O) groups is 3. The molecule has 0 saturated heterocycles. The van der Waals surface area contributed by atoms with Gasteiger partial charge in [-0.2, -0.15) is 0 Å². The Morgan fingerprint density at radius 3 is 1.07 bits per heavy atom. The number of nitrogens with two attached hydrogens (primary N) is 3. The van der Waals surface area contributed by atoms with Crippen molar-refractivity contribution in [1.29, 1.82) is 0 Å². The number of amides is 3. The molecule has 9 nitrogen and oxygen atoms in total. The topological polar surface area (TPSA) is 165 Å². The van der Waals surface area contributed by atoms with Gasteiger partial charge in [0.2, 0.25) is 17.7 Å². The van der Waals surface area contributed by atoms with E-state index in [1.165, 1.54) is 0 Å². The van der Waals surface area contributed by atoms with Crippen LogP contribution in [0.5, 0.6) is 0 Å². The molecule has 3 amide bonds. The van der Waals surface area contributed by atoms with Crippen LogP contribution in [0.1, 0.15) is 38.5 Å². The summed E-state index contributed by atoms with van der Waals surface area (Å²) in [5.41, 5.74) is 17.7. The average molecular weight is 378 g/mol. The summed E-state index contributed by atoms with van der Waals surface area (Å²) in [5, 5.41) is 8.26. The Balaban J connectivity index is 2.90. The minimum absolute atomic E-state index is 0.188. The Labute approximate surface area is 159 Å². The number of rotatable bonds is 12. The highest BCUT2D eigenvalue weighted by molar-refractivity contribution is 5.97. The molecule has 0 aliphatic heterocycles. The van der Waals surface area contributed by atoms with Crippen LogP contribution in [-0.4, -0.2) is 37.4 Å². The zero-order chi connectivity index (χ0) is 20.1. The molecule has 9 N–H and O–H groups in total. The molecule has 0 aliphatic rings. The van der Waals surface area contributed by atoms with Crippen molar-refractivity contribution in [2.75, 3.05) is 35.6 Å². The Hall–Kier alpha value is -2.49. The van der Waals surface area contributed by atoms with Crippen LogP contribution in [0, 0.1) is 0 Å². The lowest BCUT2D eigenvalue weighted by Crippen LogP contribution is -2.17. The number of hydrogen-bond acceptors (Lipinski definition) is 6. The van der Waals surface area contributed by atoms with Crippen molar-refractivity contribution < 1.29 is 14.4 Å². The molecule has 1 aromatic rings. The minimum Gasteiger partial charge on any atom is -0.330 e. The van der Waals surface area contributed by atoms with Crippen molar-refractivity contribution in [1.82, 2.24) is 0 Å². The van der Waals surface area contributed by atoms with E-state index in [4.69, 9.17) is 17.2 Å². The predicted octanol–water partition coefficient (Wildman–Crippen LogP) is 0.719. The molecule has 9 heteroatoms. The maximum atomic E-state index is 12.0. The molecule has 150 valence electrons. The van der Waals surface area contributed by atoms with Crippen LogP contribution in [0.3, 0.4) is 0 Å². The van der Waals surface area contributed by atoms with E-state index in [-0.39, 0.29) is 17.7 Å². The first kappa shape index (κ1) is 22.6. The number of anilines is 3. The van der Waals surface area contributed by atoms with Crippen LogP contribution in [0.4, 0.5) is 17.1 Å². The highest BCUT2D eigenvalue weighted by Crippen LogP contribution is 2.24. The first-order chi connectivity index (χ1) is 13.0. The van der Waals surface area contributed by atoms with Gasteiger partial charge in [0.05, 0.1) is 0 Å². The summed E-state index contributed by atoms with van der Waals surface area (Å²) in [4.78, 5) is 35.9. The molecule has 0 saturated carbocycles. The molecule has 27 heavy (non-hydrogen) atoms. The van der Waals surface area contributed by atoms with Gasteiger partial charge in [0, 0.05) is 36.3 Å². The summed E-state index contributed by atoms with van der Waals surface area (Å²) < 4.78 is 0. The summed E-state index contributed by atoms with van der Waals surface area (Å²) in [7, 11) is 0. The lowest BCUT2D eigenvalue weighted by Gasteiger charge is -2.13. The fraction of sp³-hybridized carbons (Fsp3) is 0.500. The third-order valence-electron chi connectivity index (χ3n) is 3.61. The summed E-state index contributed by atoms with van der Waals surface area (Å²) in [6.45, 7) is 1.27. The zero-order valence-electron chi connectivity index (χ0n) is 15.6. The molecular formula is C18H30N6O3. The number of nitrogens with one attached hydrogen (secondary N) is 3. The lowest BCUT2D eigenvalue weighted by atomic mass is 10.2. The summed E-state index contributed by atoms with van der Waals surface area (Å²) in [5.74, 6) is -0.563. The lowest BCUT2D eigenvalue weighted by molar-refractivity contribution is -0.117. The van der Waals surface area contributed by atoms with Crippen LogP contribution in [0.25, 0.3) is 0 Å². The van der Waals surface area contributed by atoms with E-state index in [1.807, 2.05) is 0 Å². The smallest absolute Gasteiger partial charge is 0.224 e. The maximum absolute atomic E-state index is 12.0. The molecule has 0 atom stereocenters. The monoisotopic (exact) mass is 378 g/mol. The third-order valence-corrected chi connectivity index (χ3v) is 3.61. The van der Waals surface area contributed by atoms with Crippen LogP contribution >= 0.6 is 0 Å². The standard InChI is InChI=1S/C18H30N6O3/c19-7-1-4-16(25)22-13-10-14(23-17(26)5-2-8-20)12-15(11-13)24-18(27)6-3-9-21/h10-12H,1-9,19-21H2,(H,22,25)(H,23,26)(H,24,27). The van der Waals surface area contributed by atoms with E-state index in [0.29, 0.717) is 75.2 Å². The van der Waals surface area contributed by atoms with Gasteiger partial charge >= 0.3 is 0 Å². The number of hydrogen-bond donors (Lipinski definition) is 6. The average Bonchev–Trinajstić information content (AvgIpc) is 2.62. The molecule has 0 spiro atoms. The van der Waals surface area contributed by atoms with Crippen LogP contribution in [-0.2, 0) is 14.4 Å². The molecule has 0 radical (unpaired) electrons. The third kappa shape index (κ3) is 9.69. The highest BCUT2D eigenvalue weighted by Gasteiger charge is 2.10. The molecule has 0 heterocycles. The highest BCUT2D eigenvalue weighted by atomic mass is 16.2. The van der Waals surface area contributed by atoms with E-state index in [9.17, 15) is 14.4 Å². The van der Waals surface area contributed by atoms with Gasteiger partial charge in [-0.1, -0.05) is 0 Å². The van der Waals surface area contributed by atoms with Crippen molar-refractivity contribution in [2.24, 2.45) is 17.2 Å². The predicted molar refractivity (Wildman–Crippen MR) is 107 cm³/mol. The van der Waals surface area contributed by atoms with Crippen molar-refractivity contribution >= 4 is 34.8 Å². The Bertz CT molecular complexity index is 537. The second-order valence-corrected chi connectivity index (χ2v) is 6.12.